The number of ether oxygens (including phenoxy) is 1. The van der Waals surface area contributed by atoms with Crippen LogP contribution in [0, 0.1) is 23.6 Å². The van der Waals surface area contributed by atoms with Gasteiger partial charge in [-0.15, -0.1) is 0 Å². The smallest absolute Gasteiger partial charge is 0.224 e. The second kappa shape index (κ2) is 8.31. The first kappa shape index (κ1) is 16.2. The van der Waals surface area contributed by atoms with Crippen LogP contribution in [0.4, 0.5) is 10.1 Å². The summed E-state index contributed by atoms with van der Waals surface area (Å²) in [5, 5.41) is 2.72. The summed E-state index contributed by atoms with van der Waals surface area (Å²) in [6, 6.07) is 4.27. The van der Waals surface area contributed by atoms with Gasteiger partial charge in [0.05, 0.1) is 12.1 Å². The Labute approximate surface area is 118 Å². The van der Waals surface area contributed by atoms with Crippen LogP contribution < -0.4 is 11.1 Å². The Kier molecular flexibility index (Phi) is 6.71. The molecule has 3 N–H and O–H groups in total. The molecule has 108 valence electrons. The van der Waals surface area contributed by atoms with Crippen LogP contribution in [0.1, 0.15) is 18.9 Å². The Balaban J connectivity index is 2.70. The molecule has 0 aliphatic carbocycles. The van der Waals surface area contributed by atoms with Crippen molar-refractivity contribution in [1.29, 1.82) is 0 Å². The molecule has 0 bridgehead atoms. The van der Waals surface area contributed by atoms with E-state index in [0.717, 1.165) is 0 Å². The SMILES string of the molecule is COCC(C)CC(=O)Nc1ccc(F)c(C#CCN)c1. The molecule has 0 aliphatic heterocycles. The van der Waals surface area contributed by atoms with E-state index in [1.807, 2.05) is 6.92 Å². The Morgan fingerprint density at radius 2 is 2.30 bits per heavy atom. The normalized spacial score (nSPS) is 11.4. The zero-order valence-corrected chi connectivity index (χ0v) is 11.7. The molecule has 0 aromatic heterocycles. The molecule has 0 spiro atoms. The molecule has 1 aromatic carbocycles. The molecule has 5 heteroatoms. The molecule has 0 heterocycles. The summed E-state index contributed by atoms with van der Waals surface area (Å²) in [6.45, 7) is 2.60. The number of nitrogens with one attached hydrogen (secondary N) is 1. The Morgan fingerprint density at radius 1 is 1.55 bits per heavy atom. The molecule has 0 saturated carbocycles. The van der Waals surface area contributed by atoms with E-state index in [1.54, 1.807) is 7.11 Å². The lowest BCUT2D eigenvalue weighted by atomic mass is 10.1. The fraction of sp³-hybridized carbons (Fsp3) is 0.400. The van der Waals surface area contributed by atoms with Crippen molar-refractivity contribution in [2.75, 3.05) is 25.6 Å². The number of hydrogen-bond donors (Lipinski definition) is 2. The highest BCUT2D eigenvalue weighted by Gasteiger charge is 2.10. The Hall–Kier alpha value is -1.90. The molecule has 1 aromatic rings. The van der Waals surface area contributed by atoms with Gasteiger partial charge in [-0.25, -0.2) is 4.39 Å². The van der Waals surface area contributed by atoms with Gasteiger partial charge in [-0.2, -0.15) is 0 Å². The average molecular weight is 278 g/mol. The fourth-order valence-corrected chi connectivity index (χ4v) is 1.72. The van der Waals surface area contributed by atoms with E-state index in [0.29, 0.717) is 18.7 Å². The van der Waals surface area contributed by atoms with Crippen molar-refractivity contribution >= 4 is 11.6 Å². The van der Waals surface area contributed by atoms with Gasteiger partial charge >= 0.3 is 0 Å². The van der Waals surface area contributed by atoms with Crippen LogP contribution in [0.25, 0.3) is 0 Å². The molecule has 1 rings (SSSR count). The highest BCUT2D eigenvalue weighted by Crippen LogP contribution is 2.15. The summed E-state index contributed by atoms with van der Waals surface area (Å²) in [5.41, 5.74) is 5.99. The van der Waals surface area contributed by atoms with Gasteiger partial charge in [0.25, 0.3) is 0 Å². The van der Waals surface area contributed by atoms with Crippen LogP contribution in [0.15, 0.2) is 18.2 Å². The van der Waals surface area contributed by atoms with E-state index in [4.69, 9.17) is 10.5 Å². The van der Waals surface area contributed by atoms with Crippen molar-refractivity contribution < 1.29 is 13.9 Å². The first-order valence-electron chi connectivity index (χ1n) is 6.34. The summed E-state index contributed by atoms with van der Waals surface area (Å²) >= 11 is 0. The lowest BCUT2D eigenvalue weighted by Gasteiger charge is -2.10. The van der Waals surface area contributed by atoms with Crippen LogP contribution in [-0.4, -0.2) is 26.2 Å². The molecule has 1 atom stereocenters. The van der Waals surface area contributed by atoms with E-state index >= 15 is 0 Å². The largest absolute Gasteiger partial charge is 0.384 e. The van der Waals surface area contributed by atoms with Gasteiger partial charge in [0.2, 0.25) is 5.91 Å². The number of benzene rings is 1. The predicted octanol–water partition coefficient (Wildman–Crippen LogP) is 1.75. The minimum atomic E-state index is -0.434. The van der Waals surface area contributed by atoms with Crippen molar-refractivity contribution in [2.24, 2.45) is 11.7 Å². The number of anilines is 1. The predicted molar refractivity (Wildman–Crippen MR) is 76.6 cm³/mol. The molecule has 1 amide bonds. The van der Waals surface area contributed by atoms with Gasteiger partial charge in [0.1, 0.15) is 5.82 Å². The van der Waals surface area contributed by atoms with E-state index in [-0.39, 0.29) is 23.9 Å². The number of nitrogens with two attached hydrogens (primary N) is 1. The van der Waals surface area contributed by atoms with Crippen molar-refractivity contribution in [2.45, 2.75) is 13.3 Å². The number of carbonyl (C=O) groups is 1. The second-order valence-corrected chi connectivity index (χ2v) is 4.51. The molecule has 0 fully saturated rings. The van der Waals surface area contributed by atoms with Gasteiger partial charge in [0.15, 0.2) is 0 Å². The molecule has 4 nitrogen and oxygen atoms in total. The van der Waals surface area contributed by atoms with E-state index in [2.05, 4.69) is 17.2 Å². The minimum absolute atomic E-state index is 0.122. The standard InChI is InChI=1S/C15H19FN2O2/c1-11(10-20-2)8-15(19)18-13-5-6-14(16)12(9-13)4-3-7-17/h5-6,9,11H,7-8,10,17H2,1-2H3,(H,18,19). The maximum absolute atomic E-state index is 13.5. The van der Waals surface area contributed by atoms with Crippen molar-refractivity contribution in [3.05, 3.63) is 29.6 Å². The average Bonchev–Trinajstić information content (AvgIpc) is 2.39. The maximum atomic E-state index is 13.5. The van der Waals surface area contributed by atoms with E-state index < -0.39 is 5.82 Å². The van der Waals surface area contributed by atoms with Gasteiger partial charge in [-0.3, -0.25) is 4.79 Å². The van der Waals surface area contributed by atoms with Gasteiger partial charge in [0, 0.05) is 25.8 Å². The van der Waals surface area contributed by atoms with Gasteiger partial charge in [-0.05, 0) is 24.1 Å². The number of carbonyl (C=O) groups excluding carboxylic acids is 1. The summed E-state index contributed by atoms with van der Waals surface area (Å²) in [6.07, 6.45) is 0.342. The molecule has 0 saturated heterocycles. The quantitative estimate of drug-likeness (QED) is 0.806. The first-order valence-corrected chi connectivity index (χ1v) is 6.34. The summed E-state index contributed by atoms with van der Waals surface area (Å²) in [7, 11) is 1.59. The second-order valence-electron chi connectivity index (χ2n) is 4.51. The first-order chi connectivity index (χ1) is 9.56. The lowest BCUT2D eigenvalue weighted by Crippen LogP contribution is -2.17. The zero-order chi connectivity index (χ0) is 15.0. The monoisotopic (exact) mass is 278 g/mol. The fourth-order valence-electron chi connectivity index (χ4n) is 1.72. The van der Waals surface area contributed by atoms with Crippen molar-refractivity contribution in [3.63, 3.8) is 0 Å². The highest BCUT2D eigenvalue weighted by molar-refractivity contribution is 5.91. The molecule has 0 aliphatic rings. The highest BCUT2D eigenvalue weighted by atomic mass is 19.1. The third-order valence-corrected chi connectivity index (χ3v) is 2.56. The van der Waals surface area contributed by atoms with Crippen LogP contribution in [0.2, 0.25) is 0 Å². The van der Waals surface area contributed by atoms with Crippen molar-refractivity contribution in [1.82, 2.24) is 0 Å². The Morgan fingerprint density at radius 3 is 2.95 bits per heavy atom. The van der Waals surface area contributed by atoms with Crippen molar-refractivity contribution in [3.8, 4) is 11.8 Å². The minimum Gasteiger partial charge on any atom is -0.384 e. The molecule has 0 radical (unpaired) electrons. The molecule has 1 unspecified atom stereocenters. The summed E-state index contributed by atoms with van der Waals surface area (Å²) in [5.74, 6) is 4.76. The van der Waals surface area contributed by atoms with Gasteiger partial charge < -0.3 is 15.8 Å². The van der Waals surface area contributed by atoms with Crippen LogP contribution >= 0.6 is 0 Å². The molecular weight excluding hydrogens is 259 g/mol. The topological polar surface area (TPSA) is 64.3 Å². The lowest BCUT2D eigenvalue weighted by molar-refractivity contribution is -0.117. The summed E-state index contributed by atoms with van der Waals surface area (Å²) < 4.78 is 18.4. The third kappa shape index (κ3) is 5.39. The Bertz CT molecular complexity index is 520. The summed E-state index contributed by atoms with van der Waals surface area (Å²) in [4.78, 5) is 11.8. The van der Waals surface area contributed by atoms with E-state index in [9.17, 15) is 9.18 Å². The number of amides is 1. The maximum Gasteiger partial charge on any atom is 0.224 e. The number of rotatable bonds is 5. The zero-order valence-electron chi connectivity index (χ0n) is 11.7. The van der Waals surface area contributed by atoms with Crippen LogP contribution in [0.5, 0.6) is 0 Å². The number of methoxy groups -OCH3 is 1. The molecular formula is C15H19FN2O2. The van der Waals surface area contributed by atoms with Crippen LogP contribution in [-0.2, 0) is 9.53 Å². The third-order valence-electron chi connectivity index (χ3n) is 2.56. The van der Waals surface area contributed by atoms with Crippen LogP contribution in [0.3, 0.4) is 0 Å². The number of halogens is 1. The van der Waals surface area contributed by atoms with Gasteiger partial charge in [-0.1, -0.05) is 18.8 Å². The number of hydrogen-bond acceptors (Lipinski definition) is 3. The molecule has 20 heavy (non-hydrogen) atoms. The van der Waals surface area contributed by atoms with E-state index in [1.165, 1.54) is 18.2 Å².